The summed E-state index contributed by atoms with van der Waals surface area (Å²) >= 11 is 0. The predicted molar refractivity (Wildman–Crippen MR) is 59.9 cm³/mol. The number of methoxy groups -OCH3 is 1. The highest BCUT2D eigenvalue weighted by molar-refractivity contribution is 5.84. The fourth-order valence-corrected chi connectivity index (χ4v) is 1.39. The Morgan fingerprint density at radius 2 is 2.06 bits per heavy atom. The molecular weight excluding hydrogens is 208 g/mol. The van der Waals surface area contributed by atoms with Crippen molar-refractivity contribution in [3.63, 3.8) is 0 Å². The van der Waals surface area contributed by atoms with Crippen LogP contribution in [0.3, 0.4) is 0 Å². The summed E-state index contributed by atoms with van der Waals surface area (Å²) in [5.41, 5.74) is 0. The molecule has 0 radical (unpaired) electrons. The normalized spacial score (nSPS) is 18.4. The largest absolute Gasteiger partial charge is 0.467 e. The molecule has 1 rings (SSSR count). The van der Waals surface area contributed by atoms with Crippen molar-refractivity contribution in [2.45, 2.75) is 45.2 Å². The summed E-state index contributed by atoms with van der Waals surface area (Å²) in [6.07, 6.45) is 2.86. The molecule has 1 fully saturated rings. The van der Waals surface area contributed by atoms with Gasteiger partial charge in [-0.15, -0.1) is 0 Å². The Morgan fingerprint density at radius 1 is 1.44 bits per heavy atom. The second-order valence-electron chi connectivity index (χ2n) is 4.28. The molecule has 0 aromatic carbocycles. The van der Waals surface area contributed by atoms with Gasteiger partial charge >= 0.3 is 12.0 Å². The van der Waals surface area contributed by atoms with E-state index in [0.29, 0.717) is 0 Å². The van der Waals surface area contributed by atoms with Gasteiger partial charge in [-0.1, -0.05) is 20.3 Å². The molecule has 1 aliphatic carbocycles. The Kier molecular flexibility index (Phi) is 4.58. The van der Waals surface area contributed by atoms with E-state index in [2.05, 4.69) is 15.4 Å². The Morgan fingerprint density at radius 3 is 2.50 bits per heavy atom. The van der Waals surface area contributed by atoms with Gasteiger partial charge in [-0.3, -0.25) is 0 Å². The molecule has 2 atom stereocenters. The summed E-state index contributed by atoms with van der Waals surface area (Å²) < 4.78 is 4.68. The van der Waals surface area contributed by atoms with E-state index >= 15 is 0 Å². The zero-order valence-electron chi connectivity index (χ0n) is 10.1. The number of hydrogen-bond donors (Lipinski definition) is 2. The third-order valence-corrected chi connectivity index (χ3v) is 2.87. The number of urea groups is 1. The van der Waals surface area contributed by atoms with Gasteiger partial charge in [0.2, 0.25) is 0 Å². The molecule has 1 saturated carbocycles. The van der Waals surface area contributed by atoms with Gasteiger partial charge in [0.05, 0.1) is 7.11 Å². The Balaban J connectivity index is 2.47. The topological polar surface area (TPSA) is 67.4 Å². The minimum absolute atomic E-state index is 0.0670. The van der Waals surface area contributed by atoms with E-state index in [9.17, 15) is 9.59 Å². The molecule has 0 heterocycles. The van der Waals surface area contributed by atoms with Crippen molar-refractivity contribution in [1.82, 2.24) is 10.6 Å². The van der Waals surface area contributed by atoms with Gasteiger partial charge in [-0.05, 0) is 18.8 Å². The molecular formula is C11H20N2O3. The van der Waals surface area contributed by atoms with E-state index in [1.807, 2.05) is 13.8 Å². The van der Waals surface area contributed by atoms with Crippen molar-refractivity contribution in [2.24, 2.45) is 5.92 Å². The summed E-state index contributed by atoms with van der Waals surface area (Å²) in [5.74, 6) is -0.322. The second kappa shape index (κ2) is 5.72. The Hall–Kier alpha value is -1.26. The van der Waals surface area contributed by atoms with Crippen LogP contribution in [0, 0.1) is 5.92 Å². The maximum Gasteiger partial charge on any atom is 0.328 e. The number of carbonyl (C=O) groups excluding carboxylic acids is 2. The summed E-state index contributed by atoms with van der Waals surface area (Å²) in [6, 6.07) is -0.554. The Labute approximate surface area is 95.9 Å². The first-order valence-electron chi connectivity index (χ1n) is 5.73. The minimum atomic E-state index is -0.561. The molecule has 0 aliphatic heterocycles. The van der Waals surface area contributed by atoms with E-state index < -0.39 is 6.04 Å². The zero-order chi connectivity index (χ0) is 12.1. The molecule has 5 nitrogen and oxygen atoms in total. The van der Waals surface area contributed by atoms with Crippen LogP contribution in [-0.2, 0) is 9.53 Å². The standard InChI is InChI=1S/C11H20N2O3/c1-4-7(2)9(10(14)16-3)13-11(15)12-8-5-6-8/h7-9H,4-6H2,1-3H3,(H2,12,13,15). The number of amides is 2. The number of carbonyl (C=O) groups is 2. The molecule has 0 aromatic rings. The molecule has 2 unspecified atom stereocenters. The van der Waals surface area contributed by atoms with Crippen molar-refractivity contribution in [2.75, 3.05) is 7.11 Å². The van der Waals surface area contributed by atoms with Crippen molar-refractivity contribution in [1.29, 1.82) is 0 Å². The van der Waals surface area contributed by atoms with Crippen LogP contribution in [0.2, 0.25) is 0 Å². The minimum Gasteiger partial charge on any atom is -0.467 e. The zero-order valence-corrected chi connectivity index (χ0v) is 10.1. The molecule has 2 amide bonds. The summed E-state index contributed by atoms with van der Waals surface area (Å²) in [7, 11) is 1.33. The highest BCUT2D eigenvalue weighted by Crippen LogP contribution is 2.18. The SMILES string of the molecule is CCC(C)C(NC(=O)NC1CC1)C(=O)OC. The fourth-order valence-electron chi connectivity index (χ4n) is 1.39. The summed E-state index contributed by atoms with van der Waals surface area (Å²) in [4.78, 5) is 23.0. The highest BCUT2D eigenvalue weighted by Gasteiger charge is 2.29. The van der Waals surface area contributed by atoms with E-state index in [1.54, 1.807) is 0 Å². The maximum absolute atomic E-state index is 11.5. The van der Waals surface area contributed by atoms with Crippen LogP contribution in [0.1, 0.15) is 33.1 Å². The van der Waals surface area contributed by atoms with Gasteiger partial charge < -0.3 is 15.4 Å². The monoisotopic (exact) mass is 228 g/mol. The summed E-state index contributed by atoms with van der Waals surface area (Å²) in [5, 5.41) is 5.45. The van der Waals surface area contributed by atoms with E-state index in [0.717, 1.165) is 19.3 Å². The lowest BCUT2D eigenvalue weighted by Gasteiger charge is -2.21. The quantitative estimate of drug-likeness (QED) is 0.691. The molecule has 16 heavy (non-hydrogen) atoms. The third kappa shape index (κ3) is 3.72. The first-order chi connectivity index (χ1) is 7.58. The van der Waals surface area contributed by atoms with Crippen LogP contribution in [0.4, 0.5) is 4.79 Å². The first-order valence-corrected chi connectivity index (χ1v) is 5.73. The van der Waals surface area contributed by atoms with E-state index in [4.69, 9.17) is 0 Å². The molecule has 92 valence electrons. The van der Waals surface area contributed by atoms with Crippen LogP contribution >= 0.6 is 0 Å². The van der Waals surface area contributed by atoms with Crippen molar-refractivity contribution in [3.8, 4) is 0 Å². The van der Waals surface area contributed by atoms with E-state index in [1.165, 1.54) is 7.11 Å². The van der Waals surface area contributed by atoms with Crippen molar-refractivity contribution < 1.29 is 14.3 Å². The van der Waals surface area contributed by atoms with Crippen LogP contribution in [0.25, 0.3) is 0 Å². The van der Waals surface area contributed by atoms with Gasteiger partial charge in [0.1, 0.15) is 6.04 Å². The van der Waals surface area contributed by atoms with Crippen molar-refractivity contribution in [3.05, 3.63) is 0 Å². The fraction of sp³-hybridized carbons (Fsp3) is 0.818. The average Bonchev–Trinajstić information content (AvgIpc) is 3.07. The number of esters is 1. The lowest BCUT2D eigenvalue weighted by atomic mass is 9.99. The maximum atomic E-state index is 11.5. The first kappa shape index (κ1) is 12.8. The van der Waals surface area contributed by atoms with Gasteiger partial charge in [-0.25, -0.2) is 9.59 Å². The van der Waals surface area contributed by atoms with Gasteiger partial charge in [0, 0.05) is 6.04 Å². The summed E-state index contributed by atoms with van der Waals surface area (Å²) in [6.45, 7) is 3.89. The molecule has 0 bridgehead atoms. The molecule has 0 saturated heterocycles. The second-order valence-corrected chi connectivity index (χ2v) is 4.28. The lowest BCUT2D eigenvalue weighted by molar-refractivity contribution is -0.144. The number of hydrogen-bond acceptors (Lipinski definition) is 3. The van der Waals surface area contributed by atoms with Crippen LogP contribution in [0.5, 0.6) is 0 Å². The number of rotatable bonds is 5. The van der Waals surface area contributed by atoms with Gasteiger partial charge in [-0.2, -0.15) is 0 Å². The molecule has 0 aromatic heterocycles. The molecule has 1 aliphatic rings. The predicted octanol–water partition coefficient (Wildman–Crippen LogP) is 1.04. The lowest BCUT2D eigenvalue weighted by Crippen LogP contribution is -2.50. The molecule has 0 spiro atoms. The number of ether oxygens (including phenoxy) is 1. The van der Waals surface area contributed by atoms with Crippen LogP contribution < -0.4 is 10.6 Å². The van der Waals surface area contributed by atoms with Gasteiger partial charge in [0.25, 0.3) is 0 Å². The third-order valence-electron chi connectivity index (χ3n) is 2.87. The Bertz CT molecular complexity index is 264. The van der Waals surface area contributed by atoms with Crippen LogP contribution in [0.15, 0.2) is 0 Å². The molecule has 5 heteroatoms. The van der Waals surface area contributed by atoms with Crippen molar-refractivity contribution >= 4 is 12.0 Å². The molecule has 2 N–H and O–H groups in total. The highest BCUT2D eigenvalue weighted by atomic mass is 16.5. The number of nitrogens with one attached hydrogen (secondary N) is 2. The van der Waals surface area contributed by atoms with Crippen LogP contribution in [-0.4, -0.2) is 31.2 Å². The average molecular weight is 228 g/mol. The van der Waals surface area contributed by atoms with E-state index in [-0.39, 0.29) is 24.0 Å². The smallest absolute Gasteiger partial charge is 0.328 e. The van der Waals surface area contributed by atoms with Gasteiger partial charge in [0.15, 0.2) is 0 Å².